The van der Waals surface area contributed by atoms with Crippen molar-refractivity contribution in [2.24, 2.45) is 0 Å². The molecule has 20 heavy (non-hydrogen) atoms. The number of halogens is 1. The number of carbonyl (C=O) groups is 1. The van der Waals surface area contributed by atoms with Crippen molar-refractivity contribution in [3.63, 3.8) is 0 Å². The van der Waals surface area contributed by atoms with Crippen molar-refractivity contribution < 1.29 is 4.79 Å². The molecular formula is C15H18ClN3O. The highest BCUT2D eigenvalue weighted by Gasteiger charge is 2.17. The van der Waals surface area contributed by atoms with E-state index in [-0.39, 0.29) is 5.78 Å². The Morgan fingerprint density at radius 2 is 1.90 bits per heavy atom. The van der Waals surface area contributed by atoms with Crippen LogP contribution in [0.1, 0.15) is 54.4 Å². The number of hydrogen-bond donors (Lipinski definition) is 1. The molecule has 0 saturated carbocycles. The Morgan fingerprint density at radius 3 is 2.60 bits per heavy atom. The Labute approximate surface area is 123 Å². The number of aryl methyl sites for hydroxylation is 1. The van der Waals surface area contributed by atoms with Gasteiger partial charge in [0.15, 0.2) is 5.69 Å². The van der Waals surface area contributed by atoms with E-state index in [2.05, 4.69) is 22.3 Å². The number of benzene rings is 1. The number of aromatic amines is 1. The lowest BCUT2D eigenvalue weighted by atomic mass is 10.0. The summed E-state index contributed by atoms with van der Waals surface area (Å²) in [6.45, 7) is 2.17. The first-order chi connectivity index (χ1) is 9.72. The zero-order chi connectivity index (χ0) is 14.4. The summed E-state index contributed by atoms with van der Waals surface area (Å²) >= 11 is 5.83. The summed E-state index contributed by atoms with van der Waals surface area (Å²) in [6.07, 6.45) is 5.36. The number of nitrogens with one attached hydrogen (secondary N) is 1. The van der Waals surface area contributed by atoms with Crippen molar-refractivity contribution in [2.75, 3.05) is 0 Å². The number of aromatic nitrogens is 3. The van der Waals surface area contributed by atoms with Gasteiger partial charge < -0.3 is 0 Å². The quantitative estimate of drug-likeness (QED) is 0.623. The molecule has 0 saturated heterocycles. The number of hydrogen-bond acceptors (Lipinski definition) is 3. The van der Waals surface area contributed by atoms with E-state index in [1.807, 2.05) is 0 Å². The SMILES string of the molecule is CCCCCCc1n[nH]nc1C(=O)c1ccc(Cl)cc1. The fourth-order valence-corrected chi connectivity index (χ4v) is 2.19. The Morgan fingerprint density at radius 1 is 1.15 bits per heavy atom. The summed E-state index contributed by atoms with van der Waals surface area (Å²) in [6, 6.07) is 6.83. The van der Waals surface area contributed by atoms with Gasteiger partial charge in [-0.2, -0.15) is 15.4 Å². The maximum atomic E-state index is 12.4. The van der Waals surface area contributed by atoms with Gasteiger partial charge in [0.05, 0.1) is 5.69 Å². The Balaban J connectivity index is 2.07. The minimum Gasteiger partial charge on any atom is -0.287 e. The minimum absolute atomic E-state index is 0.110. The van der Waals surface area contributed by atoms with Gasteiger partial charge in [-0.1, -0.05) is 37.8 Å². The van der Waals surface area contributed by atoms with Gasteiger partial charge in [0, 0.05) is 10.6 Å². The topological polar surface area (TPSA) is 58.6 Å². The Hall–Kier alpha value is -1.68. The standard InChI is InChI=1S/C15H18ClN3O/c1-2-3-4-5-6-13-14(18-19-17-13)15(20)11-7-9-12(16)10-8-11/h7-10H,2-6H2,1H3,(H,17,18,19). The van der Waals surface area contributed by atoms with Crippen LogP contribution < -0.4 is 0 Å². The van der Waals surface area contributed by atoms with Crippen molar-refractivity contribution in [3.8, 4) is 0 Å². The number of H-pyrrole nitrogens is 1. The molecule has 1 heterocycles. The van der Waals surface area contributed by atoms with Crippen molar-refractivity contribution in [2.45, 2.75) is 39.0 Å². The molecule has 0 bridgehead atoms. The second kappa shape index (κ2) is 7.20. The van der Waals surface area contributed by atoms with E-state index in [1.54, 1.807) is 24.3 Å². The number of ketones is 1. The molecule has 2 rings (SSSR count). The summed E-state index contributed by atoms with van der Waals surface area (Å²) < 4.78 is 0. The van der Waals surface area contributed by atoms with Gasteiger partial charge in [0.25, 0.3) is 0 Å². The molecule has 2 aromatic rings. The fourth-order valence-electron chi connectivity index (χ4n) is 2.07. The molecule has 0 radical (unpaired) electrons. The monoisotopic (exact) mass is 291 g/mol. The molecule has 0 aliphatic heterocycles. The van der Waals surface area contributed by atoms with Crippen LogP contribution in [0.25, 0.3) is 0 Å². The maximum absolute atomic E-state index is 12.4. The van der Waals surface area contributed by atoms with Crippen LogP contribution >= 0.6 is 11.6 Å². The van der Waals surface area contributed by atoms with Gasteiger partial charge in [0.2, 0.25) is 5.78 Å². The van der Waals surface area contributed by atoms with Gasteiger partial charge in [-0.25, -0.2) is 0 Å². The van der Waals surface area contributed by atoms with E-state index in [0.29, 0.717) is 16.3 Å². The van der Waals surface area contributed by atoms with Crippen LogP contribution in [0, 0.1) is 0 Å². The molecule has 1 aromatic carbocycles. The molecule has 0 atom stereocenters. The number of rotatable bonds is 7. The highest BCUT2D eigenvalue weighted by molar-refractivity contribution is 6.30. The Bertz CT molecular complexity index is 563. The lowest BCUT2D eigenvalue weighted by Gasteiger charge is -2.01. The molecular weight excluding hydrogens is 274 g/mol. The van der Waals surface area contributed by atoms with E-state index in [9.17, 15) is 4.79 Å². The molecule has 0 aliphatic carbocycles. The summed E-state index contributed by atoms with van der Waals surface area (Å²) in [7, 11) is 0. The zero-order valence-corrected chi connectivity index (χ0v) is 12.3. The highest BCUT2D eigenvalue weighted by Crippen LogP contribution is 2.15. The molecule has 0 amide bonds. The zero-order valence-electron chi connectivity index (χ0n) is 11.5. The molecule has 1 N–H and O–H groups in total. The Kier molecular flexibility index (Phi) is 5.30. The van der Waals surface area contributed by atoms with Crippen LogP contribution in [0.3, 0.4) is 0 Å². The van der Waals surface area contributed by atoms with E-state index in [4.69, 9.17) is 11.6 Å². The summed E-state index contributed by atoms with van der Waals surface area (Å²) in [5, 5.41) is 11.3. The van der Waals surface area contributed by atoms with Gasteiger partial charge in [-0.05, 0) is 37.1 Å². The summed E-state index contributed by atoms with van der Waals surface area (Å²) in [5.41, 5.74) is 1.75. The smallest absolute Gasteiger partial charge is 0.215 e. The van der Waals surface area contributed by atoms with Gasteiger partial charge in [-0.3, -0.25) is 4.79 Å². The van der Waals surface area contributed by atoms with E-state index >= 15 is 0 Å². The third-order valence-corrected chi connectivity index (χ3v) is 3.46. The van der Waals surface area contributed by atoms with Crippen LogP contribution in [-0.2, 0) is 6.42 Å². The number of carbonyl (C=O) groups excluding carboxylic acids is 1. The van der Waals surface area contributed by atoms with Crippen molar-refractivity contribution in [1.29, 1.82) is 0 Å². The molecule has 0 aliphatic rings. The van der Waals surface area contributed by atoms with E-state index in [0.717, 1.165) is 25.0 Å². The van der Waals surface area contributed by atoms with E-state index < -0.39 is 0 Å². The largest absolute Gasteiger partial charge is 0.287 e. The first kappa shape index (κ1) is 14.7. The first-order valence-corrected chi connectivity index (χ1v) is 7.30. The first-order valence-electron chi connectivity index (χ1n) is 6.92. The van der Waals surface area contributed by atoms with Crippen LogP contribution in [-0.4, -0.2) is 21.2 Å². The van der Waals surface area contributed by atoms with Crippen LogP contribution in [0.5, 0.6) is 0 Å². The minimum atomic E-state index is -0.110. The normalized spacial score (nSPS) is 10.7. The summed E-state index contributed by atoms with van der Waals surface area (Å²) in [5.74, 6) is -0.110. The fraction of sp³-hybridized carbons (Fsp3) is 0.400. The second-order valence-corrected chi connectivity index (χ2v) is 5.20. The lowest BCUT2D eigenvalue weighted by molar-refractivity contribution is 0.103. The van der Waals surface area contributed by atoms with Crippen LogP contribution in [0.15, 0.2) is 24.3 Å². The average Bonchev–Trinajstić information content (AvgIpc) is 2.92. The molecule has 4 nitrogen and oxygen atoms in total. The highest BCUT2D eigenvalue weighted by atomic mass is 35.5. The number of unbranched alkanes of at least 4 members (excludes halogenated alkanes) is 3. The van der Waals surface area contributed by atoms with Gasteiger partial charge >= 0.3 is 0 Å². The maximum Gasteiger partial charge on any atom is 0.215 e. The third kappa shape index (κ3) is 3.67. The van der Waals surface area contributed by atoms with Crippen LogP contribution in [0.4, 0.5) is 0 Å². The van der Waals surface area contributed by atoms with Crippen LogP contribution in [0.2, 0.25) is 5.02 Å². The number of nitrogens with zero attached hydrogens (tertiary/aromatic N) is 2. The molecule has 106 valence electrons. The predicted molar refractivity (Wildman–Crippen MR) is 79.1 cm³/mol. The van der Waals surface area contributed by atoms with Crippen molar-refractivity contribution in [3.05, 3.63) is 46.2 Å². The van der Waals surface area contributed by atoms with Gasteiger partial charge in [0.1, 0.15) is 0 Å². The molecule has 0 spiro atoms. The molecule has 0 fully saturated rings. The van der Waals surface area contributed by atoms with Crippen molar-refractivity contribution >= 4 is 17.4 Å². The lowest BCUT2D eigenvalue weighted by Crippen LogP contribution is -2.05. The molecule has 1 aromatic heterocycles. The average molecular weight is 292 g/mol. The second-order valence-electron chi connectivity index (χ2n) is 4.77. The summed E-state index contributed by atoms with van der Waals surface area (Å²) in [4.78, 5) is 12.4. The third-order valence-electron chi connectivity index (χ3n) is 3.21. The van der Waals surface area contributed by atoms with Gasteiger partial charge in [-0.15, -0.1) is 0 Å². The van der Waals surface area contributed by atoms with E-state index in [1.165, 1.54) is 12.8 Å². The molecule has 5 heteroatoms. The predicted octanol–water partition coefficient (Wildman–Crippen LogP) is 3.81. The van der Waals surface area contributed by atoms with Crippen molar-refractivity contribution in [1.82, 2.24) is 15.4 Å². The molecule has 0 unspecified atom stereocenters.